The summed E-state index contributed by atoms with van der Waals surface area (Å²) in [6, 6.07) is 10.5. The molecule has 0 aliphatic heterocycles. The van der Waals surface area contributed by atoms with Gasteiger partial charge in [0.25, 0.3) is 11.1 Å². The number of benzene rings is 2. The van der Waals surface area contributed by atoms with Gasteiger partial charge in [0.15, 0.2) is 6.61 Å². The summed E-state index contributed by atoms with van der Waals surface area (Å²) in [4.78, 5) is 12.2. The quantitative estimate of drug-likeness (QED) is 0.589. The van der Waals surface area contributed by atoms with E-state index in [1.54, 1.807) is 6.92 Å². The van der Waals surface area contributed by atoms with Crippen molar-refractivity contribution in [1.82, 2.24) is 10.2 Å². The van der Waals surface area contributed by atoms with E-state index in [1.807, 2.05) is 31.2 Å². The third-order valence-corrected chi connectivity index (χ3v) is 4.57. The number of rotatable bonds is 7. The fraction of sp³-hybridized carbons (Fsp3) is 0.211. The summed E-state index contributed by atoms with van der Waals surface area (Å²) in [6.45, 7) is 3.66. The van der Waals surface area contributed by atoms with Crippen LogP contribution in [0.3, 0.4) is 0 Å². The Kier molecular flexibility index (Phi) is 6.25. The molecule has 0 bridgehead atoms. The number of aromatic nitrogens is 2. The lowest BCUT2D eigenvalue weighted by Gasteiger charge is -2.10. The molecule has 0 fully saturated rings. The van der Waals surface area contributed by atoms with Gasteiger partial charge in [0, 0.05) is 6.07 Å². The number of hydrogen-bond acceptors (Lipinski definition) is 6. The molecule has 0 spiro atoms. The first kappa shape index (κ1) is 19.8. The minimum atomic E-state index is -0.848. The number of nitrogens with zero attached hydrogens (tertiary/aromatic N) is 2. The van der Waals surface area contributed by atoms with Crippen molar-refractivity contribution in [3.05, 3.63) is 65.6 Å². The Bertz CT molecular complexity index is 981. The third-order valence-electron chi connectivity index (χ3n) is 3.64. The molecule has 2 aromatic carbocycles. The number of halogens is 2. The van der Waals surface area contributed by atoms with Gasteiger partial charge in [-0.05, 0) is 43.7 Å². The van der Waals surface area contributed by atoms with E-state index >= 15 is 0 Å². The molecule has 3 rings (SSSR count). The topological polar surface area (TPSA) is 77.2 Å². The smallest absolute Gasteiger partial charge is 0.277 e. The summed E-state index contributed by atoms with van der Waals surface area (Å²) >= 11 is 1.02. The number of amides is 1. The number of nitrogens with one attached hydrogen (secondary N) is 1. The summed E-state index contributed by atoms with van der Waals surface area (Å²) in [6.07, 6.45) is 0. The van der Waals surface area contributed by atoms with E-state index < -0.39 is 22.8 Å². The van der Waals surface area contributed by atoms with Gasteiger partial charge in [0.2, 0.25) is 5.91 Å². The number of carbonyl (C=O) groups excluding carboxylic acids is 1. The molecule has 0 unspecified atom stereocenters. The SMILES string of the molecule is Cc1cccc(OCc2nnc(S[C@@H](C)C(=O)Nc3ccc(F)cc3F)o2)c1. The van der Waals surface area contributed by atoms with Crippen LogP contribution in [0.1, 0.15) is 18.4 Å². The van der Waals surface area contributed by atoms with Crippen LogP contribution in [0.15, 0.2) is 52.1 Å². The van der Waals surface area contributed by atoms with Crippen LogP contribution in [0.2, 0.25) is 0 Å². The van der Waals surface area contributed by atoms with Gasteiger partial charge in [-0.1, -0.05) is 23.9 Å². The highest BCUT2D eigenvalue weighted by Crippen LogP contribution is 2.24. The van der Waals surface area contributed by atoms with Crippen molar-refractivity contribution < 1.29 is 22.7 Å². The van der Waals surface area contributed by atoms with Crippen molar-refractivity contribution in [1.29, 1.82) is 0 Å². The summed E-state index contributed by atoms with van der Waals surface area (Å²) in [5.41, 5.74) is 0.966. The molecule has 0 aliphatic rings. The minimum absolute atomic E-state index is 0.0956. The maximum absolute atomic E-state index is 13.6. The van der Waals surface area contributed by atoms with Crippen molar-refractivity contribution in [2.45, 2.75) is 30.9 Å². The van der Waals surface area contributed by atoms with E-state index in [2.05, 4.69) is 15.5 Å². The predicted octanol–water partition coefficient (Wildman–Crippen LogP) is 4.35. The van der Waals surface area contributed by atoms with Gasteiger partial charge in [0.05, 0.1) is 10.9 Å². The van der Waals surface area contributed by atoms with Gasteiger partial charge in [-0.2, -0.15) is 0 Å². The lowest BCUT2D eigenvalue weighted by atomic mass is 10.2. The summed E-state index contributed by atoms with van der Waals surface area (Å²) < 4.78 is 37.6. The van der Waals surface area contributed by atoms with Crippen molar-refractivity contribution in [2.75, 3.05) is 5.32 Å². The Hall–Kier alpha value is -2.94. The fourth-order valence-electron chi connectivity index (χ4n) is 2.22. The van der Waals surface area contributed by atoms with Crippen LogP contribution in [0.25, 0.3) is 0 Å². The van der Waals surface area contributed by atoms with Crippen LogP contribution >= 0.6 is 11.8 Å². The second-order valence-electron chi connectivity index (χ2n) is 5.94. The van der Waals surface area contributed by atoms with Crippen LogP contribution in [0.4, 0.5) is 14.5 Å². The first-order chi connectivity index (χ1) is 13.4. The molecule has 9 heteroatoms. The molecule has 3 aromatic rings. The molecule has 0 radical (unpaired) electrons. The second-order valence-corrected chi connectivity index (χ2v) is 7.23. The van der Waals surface area contributed by atoms with Gasteiger partial charge in [-0.15, -0.1) is 10.2 Å². The summed E-state index contributed by atoms with van der Waals surface area (Å²) in [5, 5.41) is 9.69. The molecular weight excluding hydrogens is 388 g/mol. The highest BCUT2D eigenvalue weighted by Gasteiger charge is 2.20. The van der Waals surface area contributed by atoms with Gasteiger partial charge >= 0.3 is 0 Å². The average molecular weight is 405 g/mol. The molecule has 1 N–H and O–H groups in total. The molecule has 28 heavy (non-hydrogen) atoms. The number of anilines is 1. The van der Waals surface area contributed by atoms with E-state index in [0.29, 0.717) is 11.8 Å². The fourth-order valence-corrected chi connectivity index (χ4v) is 2.93. The normalized spacial score (nSPS) is 11.9. The van der Waals surface area contributed by atoms with E-state index in [9.17, 15) is 13.6 Å². The molecule has 0 saturated carbocycles. The highest BCUT2D eigenvalue weighted by molar-refractivity contribution is 8.00. The zero-order chi connectivity index (χ0) is 20.1. The lowest BCUT2D eigenvalue weighted by molar-refractivity contribution is -0.115. The molecule has 1 amide bonds. The van der Waals surface area contributed by atoms with E-state index in [1.165, 1.54) is 0 Å². The Morgan fingerprint density at radius 3 is 2.82 bits per heavy atom. The largest absolute Gasteiger partial charge is 0.484 e. The molecule has 146 valence electrons. The van der Waals surface area contributed by atoms with E-state index in [-0.39, 0.29) is 23.4 Å². The predicted molar refractivity (Wildman–Crippen MR) is 100 cm³/mol. The average Bonchev–Trinajstić information content (AvgIpc) is 3.09. The van der Waals surface area contributed by atoms with Crippen LogP contribution in [-0.4, -0.2) is 21.4 Å². The van der Waals surface area contributed by atoms with Crippen molar-refractivity contribution in [2.24, 2.45) is 0 Å². The molecule has 1 atom stereocenters. The van der Waals surface area contributed by atoms with Crippen molar-refractivity contribution in [3.8, 4) is 5.75 Å². The Balaban J connectivity index is 1.54. The van der Waals surface area contributed by atoms with Crippen LogP contribution in [0.5, 0.6) is 5.75 Å². The maximum Gasteiger partial charge on any atom is 0.277 e. The molecule has 0 aliphatic carbocycles. The number of hydrogen-bond donors (Lipinski definition) is 1. The maximum atomic E-state index is 13.6. The molecule has 0 saturated heterocycles. The van der Waals surface area contributed by atoms with Gasteiger partial charge in [0.1, 0.15) is 17.4 Å². The zero-order valence-corrected chi connectivity index (χ0v) is 15.9. The van der Waals surface area contributed by atoms with Gasteiger partial charge in [-0.25, -0.2) is 8.78 Å². The Morgan fingerprint density at radius 2 is 2.07 bits per heavy atom. The Labute approximate surface area is 164 Å². The highest BCUT2D eigenvalue weighted by atomic mass is 32.2. The molecular formula is C19H17F2N3O3S. The Morgan fingerprint density at radius 1 is 1.25 bits per heavy atom. The van der Waals surface area contributed by atoms with Crippen molar-refractivity contribution in [3.63, 3.8) is 0 Å². The molecule has 1 aromatic heterocycles. The summed E-state index contributed by atoms with van der Waals surface area (Å²) in [7, 11) is 0. The standard InChI is InChI=1S/C19H17F2N3O3S/c1-11-4-3-5-14(8-11)26-10-17-23-24-19(27-17)28-12(2)18(25)22-16-7-6-13(20)9-15(16)21/h3-9,12H,10H2,1-2H3,(H,22,25)/t12-/m0/s1. The number of carbonyl (C=O) groups is 1. The van der Waals surface area contributed by atoms with Crippen LogP contribution in [-0.2, 0) is 11.4 Å². The monoisotopic (exact) mass is 405 g/mol. The molecule has 6 nitrogen and oxygen atoms in total. The lowest BCUT2D eigenvalue weighted by Crippen LogP contribution is -2.23. The number of aryl methyl sites for hydroxylation is 1. The van der Waals surface area contributed by atoms with Crippen molar-refractivity contribution >= 4 is 23.4 Å². The first-order valence-corrected chi connectivity index (χ1v) is 9.23. The van der Waals surface area contributed by atoms with Gasteiger partial charge < -0.3 is 14.5 Å². The summed E-state index contributed by atoms with van der Waals surface area (Å²) in [5.74, 6) is -1.10. The van der Waals surface area contributed by atoms with Crippen LogP contribution < -0.4 is 10.1 Å². The first-order valence-electron chi connectivity index (χ1n) is 8.35. The number of thioether (sulfide) groups is 1. The zero-order valence-electron chi connectivity index (χ0n) is 15.1. The van der Waals surface area contributed by atoms with E-state index in [0.717, 1.165) is 29.5 Å². The second kappa shape index (κ2) is 8.83. The van der Waals surface area contributed by atoms with Gasteiger partial charge in [-0.3, -0.25) is 4.79 Å². The number of ether oxygens (including phenoxy) is 1. The molecule has 1 heterocycles. The third kappa shape index (κ3) is 5.29. The van der Waals surface area contributed by atoms with E-state index in [4.69, 9.17) is 9.15 Å². The van der Waals surface area contributed by atoms with Crippen LogP contribution in [0, 0.1) is 18.6 Å². The minimum Gasteiger partial charge on any atom is -0.484 e.